The zero-order valence-corrected chi connectivity index (χ0v) is 8.51. The number of hydrogen-bond donors (Lipinski definition) is 0. The van der Waals surface area contributed by atoms with Crippen LogP contribution in [0.1, 0.15) is 33.6 Å². The summed E-state index contributed by atoms with van der Waals surface area (Å²) < 4.78 is 10.8. The summed E-state index contributed by atoms with van der Waals surface area (Å²) in [5, 5.41) is 0. The predicted octanol–water partition coefficient (Wildman–Crippen LogP) is 2.43. The standard InChI is InChI=1S/C10H21O2/c1-4-6-8-11-9-10(3)12-7-5-2/h5,10H,4,6-9H2,1-3H3. The molecule has 73 valence electrons. The van der Waals surface area contributed by atoms with E-state index in [0.29, 0.717) is 6.61 Å². The predicted molar refractivity (Wildman–Crippen MR) is 51.1 cm³/mol. The Labute approximate surface area is 76.3 Å². The molecule has 0 fully saturated rings. The quantitative estimate of drug-likeness (QED) is 0.525. The van der Waals surface area contributed by atoms with Gasteiger partial charge in [-0.2, -0.15) is 0 Å². The Morgan fingerprint density at radius 2 is 2.17 bits per heavy atom. The second-order valence-electron chi connectivity index (χ2n) is 2.98. The van der Waals surface area contributed by atoms with E-state index in [1.165, 1.54) is 6.42 Å². The Kier molecular flexibility index (Phi) is 8.95. The van der Waals surface area contributed by atoms with Gasteiger partial charge in [0.2, 0.25) is 0 Å². The molecule has 0 bridgehead atoms. The zero-order chi connectivity index (χ0) is 9.23. The summed E-state index contributed by atoms with van der Waals surface area (Å²) in [6, 6.07) is 0. The van der Waals surface area contributed by atoms with Gasteiger partial charge in [-0.3, -0.25) is 0 Å². The summed E-state index contributed by atoms with van der Waals surface area (Å²) in [6.07, 6.45) is 4.56. The van der Waals surface area contributed by atoms with Gasteiger partial charge in [-0.15, -0.1) is 0 Å². The van der Waals surface area contributed by atoms with Gasteiger partial charge in [-0.1, -0.05) is 20.3 Å². The van der Waals surface area contributed by atoms with Crippen molar-refractivity contribution in [2.75, 3.05) is 19.8 Å². The van der Waals surface area contributed by atoms with E-state index in [2.05, 4.69) is 6.92 Å². The minimum absolute atomic E-state index is 0.220. The van der Waals surface area contributed by atoms with Crippen LogP contribution in [0.5, 0.6) is 0 Å². The summed E-state index contributed by atoms with van der Waals surface area (Å²) in [6.45, 7) is 8.49. The van der Waals surface area contributed by atoms with Gasteiger partial charge >= 0.3 is 0 Å². The molecule has 0 heterocycles. The van der Waals surface area contributed by atoms with E-state index < -0.39 is 0 Å². The first-order valence-corrected chi connectivity index (χ1v) is 4.78. The van der Waals surface area contributed by atoms with Crippen molar-refractivity contribution in [3.63, 3.8) is 0 Å². The van der Waals surface area contributed by atoms with Crippen molar-refractivity contribution >= 4 is 0 Å². The Morgan fingerprint density at radius 3 is 2.75 bits per heavy atom. The third-order valence-electron chi connectivity index (χ3n) is 1.54. The number of rotatable bonds is 8. The minimum atomic E-state index is 0.220. The normalized spacial score (nSPS) is 13.2. The summed E-state index contributed by atoms with van der Waals surface area (Å²) in [5.74, 6) is 0. The van der Waals surface area contributed by atoms with Crippen molar-refractivity contribution < 1.29 is 9.47 Å². The minimum Gasteiger partial charge on any atom is -0.379 e. The van der Waals surface area contributed by atoms with Crippen molar-refractivity contribution in [3.8, 4) is 0 Å². The smallest absolute Gasteiger partial charge is 0.0780 e. The Balaban J connectivity index is 3.02. The molecular weight excluding hydrogens is 152 g/mol. The maximum absolute atomic E-state index is 5.39. The summed E-state index contributed by atoms with van der Waals surface area (Å²) in [4.78, 5) is 0. The third-order valence-corrected chi connectivity index (χ3v) is 1.54. The van der Waals surface area contributed by atoms with Gasteiger partial charge in [-0.05, 0) is 19.8 Å². The summed E-state index contributed by atoms with van der Waals surface area (Å²) in [5.41, 5.74) is 0. The fraction of sp³-hybridized carbons (Fsp3) is 0.900. The van der Waals surface area contributed by atoms with Crippen LogP contribution in [-0.2, 0) is 9.47 Å². The van der Waals surface area contributed by atoms with Gasteiger partial charge in [-0.25, -0.2) is 0 Å². The lowest BCUT2D eigenvalue weighted by molar-refractivity contribution is 0.000772. The maximum Gasteiger partial charge on any atom is 0.0780 e. The monoisotopic (exact) mass is 173 g/mol. The number of ether oxygens (including phenoxy) is 2. The summed E-state index contributed by atoms with van der Waals surface area (Å²) >= 11 is 0. The topological polar surface area (TPSA) is 18.5 Å². The van der Waals surface area contributed by atoms with E-state index in [1.807, 2.05) is 20.3 Å². The van der Waals surface area contributed by atoms with Crippen LogP contribution in [0, 0.1) is 6.42 Å². The van der Waals surface area contributed by atoms with Crippen molar-refractivity contribution in [2.24, 2.45) is 0 Å². The van der Waals surface area contributed by atoms with Crippen LogP contribution in [-0.4, -0.2) is 25.9 Å². The molecule has 0 aliphatic carbocycles. The molecule has 1 radical (unpaired) electrons. The Hall–Kier alpha value is -0.0800. The molecule has 0 rings (SSSR count). The van der Waals surface area contributed by atoms with E-state index in [9.17, 15) is 0 Å². The van der Waals surface area contributed by atoms with Crippen molar-refractivity contribution in [1.29, 1.82) is 0 Å². The molecule has 1 atom stereocenters. The van der Waals surface area contributed by atoms with Crippen LogP contribution in [0.2, 0.25) is 0 Å². The first-order chi connectivity index (χ1) is 5.81. The molecule has 0 saturated heterocycles. The van der Waals surface area contributed by atoms with Gasteiger partial charge in [0.15, 0.2) is 0 Å². The molecule has 2 heteroatoms. The number of unbranched alkanes of at least 4 members (excludes halogenated alkanes) is 1. The summed E-state index contributed by atoms with van der Waals surface area (Å²) in [7, 11) is 0. The fourth-order valence-electron chi connectivity index (χ4n) is 0.804. The van der Waals surface area contributed by atoms with Crippen LogP contribution in [0.25, 0.3) is 0 Å². The lowest BCUT2D eigenvalue weighted by atomic mass is 10.3. The Bertz CT molecular complexity index is 83.9. The average molecular weight is 173 g/mol. The highest BCUT2D eigenvalue weighted by molar-refractivity contribution is 4.55. The van der Waals surface area contributed by atoms with Crippen LogP contribution in [0.4, 0.5) is 0 Å². The van der Waals surface area contributed by atoms with E-state index >= 15 is 0 Å². The van der Waals surface area contributed by atoms with E-state index in [0.717, 1.165) is 19.6 Å². The lowest BCUT2D eigenvalue weighted by Crippen LogP contribution is -2.16. The first-order valence-electron chi connectivity index (χ1n) is 4.78. The van der Waals surface area contributed by atoms with Crippen LogP contribution >= 0.6 is 0 Å². The average Bonchev–Trinajstić information content (AvgIpc) is 2.09. The molecule has 0 N–H and O–H groups in total. The van der Waals surface area contributed by atoms with E-state index in [-0.39, 0.29) is 6.10 Å². The molecule has 0 saturated carbocycles. The zero-order valence-electron chi connectivity index (χ0n) is 8.51. The van der Waals surface area contributed by atoms with Crippen molar-refractivity contribution in [3.05, 3.63) is 6.42 Å². The van der Waals surface area contributed by atoms with Crippen LogP contribution in [0.3, 0.4) is 0 Å². The molecular formula is C10H21O2. The van der Waals surface area contributed by atoms with Gasteiger partial charge < -0.3 is 9.47 Å². The molecule has 0 aromatic carbocycles. The van der Waals surface area contributed by atoms with Gasteiger partial charge in [0.1, 0.15) is 0 Å². The highest BCUT2D eigenvalue weighted by Crippen LogP contribution is 1.95. The highest BCUT2D eigenvalue weighted by Gasteiger charge is 2.00. The van der Waals surface area contributed by atoms with Gasteiger partial charge in [0.25, 0.3) is 0 Å². The highest BCUT2D eigenvalue weighted by atomic mass is 16.5. The molecule has 0 aromatic rings. The molecule has 2 nitrogen and oxygen atoms in total. The second-order valence-corrected chi connectivity index (χ2v) is 2.98. The molecule has 0 spiro atoms. The molecule has 1 unspecified atom stereocenters. The van der Waals surface area contributed by atoms with Crippen molar-refractivity contribution in [1.82, 2.24) is 0 Å². The van der Waals surface area contributed by atoms with Gasteiger partial charge in [0.05, 0.1) is 12.7 Å². The Morgan fingerprint density at radius 1 is 1.42 bits per heavy atom. The second kappa shape index (κ2) is 9.01. The van der Waals surface area contributed by atoms with Crippen LogP contribution < -0.4 is 0 Å². The van der Waals surface area contributed by atoms with E-state index in [4.69, 9.17) is 9.47 Å². The molecule has 0 amide bonds. The molecule has 0 aromatic heterocycles. The van der Waals surface area contributed by atoms with E-state index in [1.54, 1.807) is 0 Å². The fourth-order valence-corrected chi connectivity index (χ4v) is 0.804. The van der Waals surface area contributed by atoms with Gasteiger partial charge in [0, 0.05) is 13.2 Å². The molecule has 0 aliphatic heterocycles. The lowest BCUT2D eigenvalue weighted by Gasteiger charge is -2.12. The molecule has 0 aliphatic rings. The van der Waals surface area contributed by atoms with Crippen LogP contribution in [0.15, 0.2) is 0 Å². The SMILES string of the molecule is C[CH]COC(C)COCCCC. The largest absolute Gasteiger partial charge is 0.379 e. The first kappa shape index (κ1) is 11.9. The van der Waals surface area contributed by atoms with Crippen molar-refractivity contribution in [2.45, 2.75) is 39.7 Å². The maximum atomic E-state index is 5.39. The third kappa shape index (κ3) is 8.02. The molecule has 12 heavy (non-hydrogen) atoms. The number of hydrogen-bond acceptors (Lipinski definition) is 2.